The van der Waals surface area contributed by atoms with Crippen LogP contribution >= 0.6 is 0 Å². The molecule has 0 amide bonds. The summed E-state index contributed by atoms with van der Waals surface area (Å²) < 4.78 is 2.09. The molecule has 0 radical (unpaired) electrons. The molecule has 0 N–H and O–H groups in total. The van der Waals surface area contributed by atoms with Crippen molar-refractivity contribution in [1.29, 1.82) is 0 Å². The van der Waals surface area contributed by atoms with E-state index in [0.29, 0.717) is 5.82 Å². The molecule has 0 bridgehead atoms. The summed E-state index contributed by atoms with van der Waals surface area (Å²) in [5.74, 6) is 0.484. The van der Waals surface area contributed by atoms with Crippen LogP contribution in [-0.4, -0.2) is 17.4 Å². The van der Waals surface area contributed by atoms with E-state index in [0.717, 1.165) is 13.0 Å². The Kier molecular flexibility index (Phi) is 7.05. The maximum absolute atomic E-state index is 4.00. The van der Waals surface area contributed by atoms with E-state index in [1.54, 1.807) is 0 Å². The van der Waals surface area contributed by atoms with Gasteiger partial charge < -0.3 is 4.57 Å². The molecule has 3 heteroatoms. The van der Waals surface area contributed by atoms with Crippen molar-refractivity contribution in [2.24, 2.45) is 0 Å². The number of hydrogen-bond acceptors (Lipinski definition) is 1. The van der Waals surface area contributed by atoms with E-state index in [9.17, 15) is 0 Å². The lowest BCUT2D eigenvalue weighted by atomic mass is 9.76. The molecule has 27 heavy (non-hydrogen) atoms. The van der Waals surface area contributed by atoms with Crippen molar-refractivity contribution < 1.29 is 0 Å². The Morgan fingerprint density at radius 2 is 1.26 bits per heavy atom. The number of benzene rings is 3. The third-order valence-electron chi connectivity index (χ3n) is 4.66. The summed E-state index contributed by atoms with van der Waals surface area (Å²) in [5, 5.41) is 0. The highest BCUT2D eigenvalue weighted by Gasteiger charge is 2.05. The van der Waals surface area contributed by atoms with Crippen LogP contribution in [0.3, 0.4) is 0 Å². The van der Waals surface area contributed by atoms with Crippen molar-refractivity contribution in [2.45, 2.75) is 18.8 Å². The van der Waals surface area contributed by atoms with Crippen molar-refractivity contribution >= 4 is 7.85 Å². The number of imidazole rings is 1. The second-order valence-corrected chi connectivity index (χ2v) is 6.58. The summed E-state index contributed by atoms with van der Waals surface area (Å²) >= 11 is 0. The fraction of sp³-hybridized carbons (Fsp3) is 0.125. The Balaban J connectivity index is 0.000000156. The molecule has 0 fully saturated rings. The van der Waals surface area contributed by atoms with Crippen LogP contribution in [-0.2, 0) is 13.0 Å². The van der Waals surface area contributed by atoms with Gasteiger partial charge in [0, 0.05) is 18.9 Å². The van der Waals surface area contributed by atoms with Crippen molar-refractivity contribution in [3.63, 3.8) is 0 Å². The van der Waals surface area contributed by atoms with E-state index < -0.39 is 0 Å². The van der Waals surface area contributed by atoms with Crippen LogP contribution < -0.4 is 0 Å². The third-order valence-corrected chi connectivity index (χ3v) is 4.66. The predicted molar refractivity (Wildman–Crippen MR) is 116 cm³/mol. The molecule has 0 spiro atoms. The summed E-state index contributed by atoms with van der Waals surface area (Å²) in [6.07, 6.45) is 6.72. The van der Waals surface area contributed by atoms with Gasteiger partial charge in [-0.3, -0.25) is 0 Å². The van der Waals surface area contributed by atoms with Crippen LogP contribution in [0.5, 0.6) is 0 Å². The molecule has 1 aromatic heterocycles. The van der Waals surface area contributed by atoms with Gasteiger partial charge in [-0.15, -0.1) is 0 Å². The van der Waals surface area contributed by atoms with Gasteiger partial charge in [-0.2, -0.15) is 0 Å². The molecule has 4 rings (SSSR count). The summed E-state index contributed by atoms with van der Waals surface area (Å²) in [6, 6.07) is 31.7. The van der Waals surface area contributed by atoms with Gasteiger partial charge >= 0.3 is 0 Å². The molecule has 134 valence electrons. The highest BCUT2D eigenvalue weighted by atomic mass is 15.0. The zero-order chi connectivity index (χ0) is 18.7. The number of aryl methyl sites for hydroxylation is 2. The van der Waals surface area contributed by atoms with Gasteiger partial charge in [-0.05, 0) is 28.9 Å². The summed E-state index contributed by atoms with van der Waals surface area (Å²) in [6.45, 7) is 1.00. The van der Waals surface area contributed by atoms with E-state index in [1.165, 1.54) is 16.7 Å². The molecule has 3 aromatic carbocycles. The van der Waals surface area contributed by atoms with Gasteiger partial charge in [0.1, 0.15) is 7.85 Å². The zero-order valence-corrected chi connectivity index (χ0v) is 15.8. The molecule has 0 unspecified atom stereocenters. The number of rotatable bonds is 5. The fourth-order valence-corrected chi connectivity index (χ4v) is 3.00. The average molecular weight is 352 g/mol. The molecule has 0 aliphatic carbocycles. The van der Waals surface area contributed by atoms with Gasteiger partial charge in [-0.1, -0.05) is 91.0 Å². The van der Waals surface area contributed by atoms with Crippen LogP contribution in [0.4, 0.5) is 0 Å². The highest BCUT2D eigenvalue weighted by Crippen LogP contribution is 2.20. The van der Waals surface area contributed by atoms with Gasteiger partial charge in [0.25, 0.3) is 0 Å². The second-order valence-electron chi connectivity index (χ2n) is 6.58. The van der Waals surface area contributed by atoms with Gasteiger partial charge in [0.05, 0.1) is 6.33 Å². The molecule has 0 saturated heterocycles. The molecule has 0 saturated carbocycles. The first kappa shape index (κ1) is 18.7. The van der Waals surface area contributed by atoms with Crippen molar-refractivity contribution in [3.05, 3.63) is 126 Å². The first-order chi connectivity index (χ1) is 13.3. The number of hydrogen-bond donors (Lipinski definition) is 0. The van der Waals surface area contributed by atoms with Gasteiger partial charge in [0.2, 0.25) is 0 Å². The molecular formula is C24H25BN2. The van der Waals surface area contributed by atoms with Crippen LogP contribution in [0.25, 0.3) is 0 Å². The van der Waals surface area contributed by atoms with E-state index in [4.69, 9.17) is 0 Å². The van der Waals surface area contributed by atoms with E-state index >= 15 is 0 Å². The lowest BCUT2D eigenvalue weighted by molar-refractivity contribution is 0.696. The Morgan fingerprint density at radius 1 is 0.741 bits per heavy atom. The largest absolute Gasteiger partial charge is 0.337 e. The molecule has 4 aromatic rings. The van der Waals surface area contributed by atoms with E-state index in [-0.39, 0.29) is 0 Å². The summed E-state index contributed by atoms with van der Waals surface area (Å²) in [4.78, 5) is 4.00. The number of nitrogens with zero attached hydrogens (tertiary/aromatic N) is 2. The van der Waals surface area contributed by atoms with Gasteiger partial charge in [0.15, 0.2) is 0 Å². The minimum Gasteiger partial charge on any atom is -0.337 e. The summed E-state index contributed by atoms with van der Waals surface area (Å²) in [5.41, 5.74) is 4.12. The van der Waals surface area contributed by atoms with E-state index in [1.807, 2.05) is 24.8 Å². The smallest absolute Gasteiger partial charge is 0.116 e. The second kappa shape index (κ2) is 10.2. The molecule has 0 aliphatic heterocycles. The van der Waals surface area contributed by atoms with Crippen LogP contribution in [0.2, 0.25) is 0 Å². The minimum absolute atomic E-state index is 0.484. The lowest BCUT2D eigenvalue weighted by Gasteiger charge is -2.11. The van der Waals surface area contributed by atoms with Crippen LogP contribution in [0.15, 0.2) is 110 Å². The molecule has 0 aliphatic rings. The van der Waals surface area contributed by atoms with E-state index in [2.05, 4.69) is 102 Å². The van der Waals surface area contributed by atoms with Crippen LogP contribution in [0.1, 0.15) is 22.5 Å². The Hall–Kier alpha value is -3.07. The monoisotopic (exact) mass is 352 g/mol. The maximum Gasteiger partial charge on any atom is 0.116 e. The molecule has 2 nitrogen and oxygen atoms in total. The maximum atomic E-state index is 4.00. The van der Waals surface area contributed by atoms with Crippen molar-refractivity contribution in [1.82, 2.24) is 9.55 Å². The predicted octanol–water partition coefficient (Wildman–Crippen LogP) is 4.53. The normalized spacial score (nSPS) is 10.3. The molecule has 1 heterocycles. The summed E-state index contributed by atoms with van der Waals surface area (Å²) in [7, 11) is 2.24. The molecule has 0 atom stereocenters. The minimum atomic E-state index is 0.484. The van der Waals surface area contributed by atoms with Crippen molar-refractivity contribution in [3.8, 4) is 0 Å². The van der Waals surface area contributed by atoms with Crippen LogP contribution in [0, 0.1) is 0 Å². The first-order valence-electron chi connectivity index (χ1n) is 9.42. The first-order valence-corrected chi connectivity index (χ1v) is 9.42. The quantitative estimate of drug-likeness (QED) is 0.483. The fourth-order valence-electron chi connectivity index (χ4n) is 3.00. The average Bonchev–Trinajstić information content (AvgIpc) is 3.28. The zero-order valence-electron chi connectivity index (χ0n) is 15.8. The standard InChI is InChI=1S/C13H13B.C11H12N2/c14-13(11-7-3-1-4-8-11)12-9-5-2-6-10-12;1-2-4-11(5-3-1)6-8-13-9-7-12-10-13/h1-10,13H,14H2;1-5,7,9-10H,6,8H2. The lowest BCUT2D eigenvalue weighted by Crippen LogP contribution is -1.99. The topological polar surface area (TPSA) is 17.8 Å². The highest BCUT2D eigenvalue weighted by molar-refractivity contribution is 6.14. The Morgan fingerprint density at radius 3 is 1.74 bits per heavy atom. The Bertz CT molecular complexity index is 836. The third kappa shape index (κ3) is 6.00. The van der Waals surface area contributed by atoms with Crippen molar-refractivity contribution in [2.75, 3.05) is 0 Å². The van der Waals surface area contributed by atoms with Gasteiger partial charge in [-0.25, -0.2) is 4.98 Å². The molecular weight excluding hydrogens is 327 g/mol. The Labute approximate surface area is 162 Å². The number of aromatic nitrogens is 2. The SMILES string of the molecule is BC(c1ccccc1)c1ccccc1.c1ccc(CCn2ccnc2)cc1.